The van der Waals surface area contributed by atoms with Crippen molar-refractivity contribution in [1.82, 2.24) is 0 Å². The molecule has 0 radical (unpaired) electrons. The van der Waals surface area contributed by atoms with Gasteiger partial charge in [-0.15, -0.1) is 6.58 Å². The molecule has 0 unspecified atom stereocenters. The quantitative estimate of drug-likeness (QED) is 0.293. The van der Waals surface area contributed by atoms with Crippen LogP contribution in [-0.4, -0.2) is 25.1 Å². The van der Waals surface area contributed by atoms with Crippen LogP contribution in [0.2, 0.25) is 0 Å². The summed E-state index contributed by atoms with van der Waals surface area (Å²) in [5.41, 5.74) is 1.08. The Morgan fingerprint density at radius 1 is 1.27 bits per heavy atom. The molecule has 0 spiro atoms. The molecule has 0 aromatic heterocycles. The van der Waals surface area contributed by atoms with Crippen molar-refractivity contribution in [2.24, 2.45) is 0 Å². The molecule has 1 amide bonds. The summed E-state index contributed by atoms with van der Waals surface area (Å²) < 4.78 is 24.1. The first kappa shape index (κ1) is 22.4. The number of rotatable bonds is 9. The number of esters is 1. The van der Waals surface area contributed by atoms with Crippen molar-refractivity contribution in [2.45, 2.75) is 13.3 Å². The van der Waals surface area contributed by atoms with Crippen molar-refractivity contribution in [3.63, 3.8) is 0 Å². The number of hydrogen-bond acceptors (Lipinski definition) is 5. The van der Waals surface area contributed by atoms with Crippen molar-refractivity contribution in [3.8, 4) is 11.8 Å². The highest BCUT2D eigenvalue weighted by atomic mass is 19.1. The maximum absolute atomic E-state index is 13.7. The average molecular weight is 408 g/mol. The molecular formula is C23H21FN2O4. The lowest BCUT2D eigenvalue weighted by Gasteiger charge is -2.11. The molecule has 30 heavy (non-hydrogen) atoms. The Kier molecular flexibility index (Phi) is 8.33. The molecule has 6 nitrogen and oxygen atoms in total. The normalized spacial score (nSPS) is 10.6. The summed E-state index contributed by atoms with van der Waals surface area (Å²) in [7, 11) is 0. The van der Waals surface area contributed by atoms with Gasteiger partial charge in [-0.1, -0.05) is 24.3 Å². The Hall–Kier alpha value is -3.92. The van der Waals surface area contributed by atoms with E-state index < -0.39 is 17.7 Å². The van der Waals surface area contributed by atoms with Gasteiger partial charge in [0.2, 0.25) is 0 Å². The highest BCUT2D eigenvalue weighted by molar-refractivity contribution is 6.09. The Balaban J connectivity index is 2.22. The first-order valence-corrected chi connectivity index (χ1v) is 9.18. The smallest absolute Gasteiger partial charge is 0.344 e. The number of nitriles is 1. The lowest BCUT2D eigenvalue weighted by molar-refractivity contribution is -0.145. The molecule has 0 heterocycles. The fraction of sp³-hybridized carbons (Fsp3) is 0.174. The minimum absolute atomic E-state index is 0.0151. The first-order chi connectivity index (χ1) is 14.5. The highest BCUT2D eigenvalue weighted by Crippen LogP contribution is 2.23. The van der Waals surface area contributed by atoms with Gasteiger partial charge >= 0.3 is 5.97 Å². The van der Waals surface area contributed by atoms with Gasteiger partial charge in [-0.3, -0.25) is 4.79 Å². The molecule has 2 aromatic rings. The third-order valence-corrected chi connectivity index (χ3v) is 3.90. The van der Waals surface area contributed by atoms with E-state index in [2.05, 4.69) is 11.9 Å². The van der Waals surface area contributed by atoms with Gasteiger partial charge in [0.25, 0.3) is 5.91 Å². The van der Waals surface area contributed by atoms with Crippen molar-refractivity contribution in [3.05, 3.63) is 77.6 Å². The molecule has 7 heteroatoms. The SMILES string of the molecule is C=CCc1cc(/C=C(/C#N)C(=O)Nc2ccccc2F)ccc1OCC(=O)OCC. The molecule has 0 aliphatic carbocycles. The number of ether oxygens (including phenoxy) is 2. The van der Waals surface area contributed by atoms with E-state index in [0.717, 1.165) is 5.56 Å². The molecule has 0 fully saturated rings. The number of benzene rings is 2. The van der Waals surface area contributed by atoms with Crippen LogP contribution >= 0.6 is 0 Å². The van der Waals surface area contributed by atoms with Gasteiger partial charge in [-0.05, 0) is 54.8 Å². The summed E-state index contributed by atoms with van der Waals surface area (Å²) in [6.45, 7) is 5.43. The fourth-order valence-electron chi connectivity index (χ4n) is 2.55. The van der Waals surface area contributed by atoms with E-state index >= 15 is 0 Å². The van der Waals surface area contributed by atoms with Gasteiger partial charge in [0.15, 0.2) is 6.61 Å². The lowest BCUT2D eigenvalue weighted by atomic mass is 10.0. The van der Waals surface area contributed by atoms with Crippen molar-refractivity contribution >= 4 is 23.6 Å². The van der Waals surface area contributed by atoms with Crippen LogP contribution < -0.4 is 10.1 Å². The van der Waals surface area contributed by atoms with Crippen LogP contribution in [0.25, 0.3) is 6.08 Å². The number of anilines is 1. The summed E-state index contributed by atoms with van der Waals surface area (Å²) in [6.07, 6.45) is 3.50. The third-order valence-electron chi connectivity index (χ3n) is 3.90. The second kappa shape index (κ2) is 11.2. The number of para-hydroxylation sites is 1. The Labute approximate surface area is 174 Å². The van der Waals surface area contributed by atoms with Crippen LogP contribution in [0.3, 0.4) is 0 Å². The highest BCUT2D eigenvalue weighted by Gasteiger charge is 2.13. The first-order valence-electron chi connectivity index (χ1n) is 9.18. The van der Waals surface area contributed by atoms with Crippen LogP contribution in [0.15, 0.2) is 60.7 Å². The molecule has 1 N–H and O–H groups in total. The summed E-state index contributed by atoms with van der Waals surface area (Å²) in [5, 5.41) is 11.7. The van der Waals surface area contributed by atoms with Crippen molar-refractivity contribution < 1.29 is 23.5 Å². The van der Waals surface area contributed by atoms with E-state index in [1.165, 1.54) is 24.3 Å². The molecule has 0 bridgehead atoms. The minimum Gasteiger partial charge on any atom is -0.482 e. The van der Waals surface area contributed by atoms with Gasteiger partial charge in [-0.25, -0.2) is 9.18 Å². The van der Waals surface area contributed by atoms with Crippen LogP contribution in [0.5, 0.6) is 5.75 Å². The van der Waals surface area contributed by atoms with Crippen LogP contribution in [0.4, 0.5) is 10.1 Å². The van der Waals surface area contributed by atoms with Gasteiger partial charge in [0.1, 0.15) is 23.2 Å². The van der Waals surface area contributed by atoms with E-state index in [9.17, 15) is 19.2 Å². The van der Waals surface area contributed by atoms with E-state index in [1.54, 1.807) is 37.3 Å². The molecule has 0 saturated carbocycles. The second-order valence-corrected chi connectivity index (χ2v) is 6.06. The monoisotopic (exact) mass is 408 g/mol. The summed E-state index contributed by atoms with van der Waals surface area (Å²) in [5.74, 6) is -1.34. The number of halogens is 1. The van der Waals surface area contributed by atoms with Gasteiger partial charge in [0.05, 0.1) is 12.3 Å². The summed E-state index contributed by atoms with van der Waals surface area (Å²) in [4.78, 5) is 23.9. The largest absolute Gasteiger partial charge is 0.482 e. The summed E-state index contributed by atoms with van der Waals surface area (Å²) in [6, 6.07) is 12.5. The van der Waals surface area contributed by atoms with E-state index in [1.807, 2.05) is 6.07 Å². The maximum Gasteiger partial charge on any atom is 0.344 e. The number of nitrogens with zero attached hydrogens (tertiary/aromatic N) is 1. The molecule has 2 rings (SSSR count). The predicted octanol–water partition coefficient (Wildman–Crippen LogP) is 4.04. The van der Waals surface area contributed by atoms with E-state index in [4.69, 9.17) is 9.47 Å². The summed E-state index contributed by atoms with van der Waals surface area (Å²) >= 11 is 0. The van der Waals surface area contributed by atoms with E-state index in [0.29, 0.717) is 17.7 Å². The number of carbonyl (C=O) groups is 2. The lowest BCUT2D eigenvalue weighted by Crippen LogP contribution is -2.15. The Bertz CT molecular complexity index is 1010. The number of hydrogen-bond donors (Lipinski definition) is 1. The topological polar surface area (TPSA) is 88.4 Å². The zero-order valence-corrected chi connectivity index (χ0v) is 16.5. The van der Waals surface area contributed by atoms with Crippen molar-refractivity contribution in [1.29, 1.82) is 5.26 Å². The molecule has 0 atom stereocenters. The minimum atomic E-state index is -0.726. The number of nitrogens with one attached hydrogen (secondary N) is 1. The van der Waals surface area contributed by atoms with Gasteiger partial charge in [0, 0.05) is 0 Å². The van der Waals surface area contributed by atoms with Gasteiger partial charge in [-0.2, -0.15) is 5.26 Å². The number of carbonyl (C=O) groups excluding carboxylic acids is 2. The molecular weight excluding hydrogens is 387 g/mol. The predicted molar refractivity (Wildman–Crippen MR) is 111 cm³/mol. The Morgan fingerprint density at radius 2 is 2.03 bits per heavy atom. The fourth-order valence-corrected chi connectivity index (χ4v) is 2.55. The second-order valence-electron chi connectivity index (χ2n) is 6.06. The van der Waals surface area contributed by atoms with Crippen LogP contribution in [0, 0.1) is 17.1 Å². The molecule has 0 saturated heterocycles. The van der Waals surface area contributed by atoms with Crippen LogP contribution in [0.1, 0.15) is 18.1 Å². The zero-order valence-electron chi connectivity index (χ0n) is 16.5. The molecule has 154 valence electrons. The molecule has 0 aliphatic rings. The maximum atomic E-state index is 13.7. The number of amides is 1. The molecule has 2 aromatic carbocycles. The number of allylic oxidation sites excluding steroid dienone is 1. The Morgan fingerprint density at radius 3 is 2.70 bits per heavy atom. The molecule has 0 aliphatic heterocycles. The van der Waals surface area contributed by atoms with Gasteiger partial charge < -0.3 is 14.8 Å². The third kappa shape index (κ3) is 6.31. The zero-order chi connectivity index (χ0) is 21.9. The average Bonchev–Trinajstić information content (AvgIpc) is 2.73. The standard InChI is InChI=1S/C23H21FN2O4/c1-3-7-17-12-16(10-11-21(17)30-15-22(27)29-4-2)13-18(14-25)23(28)26-20-9-6-5-8-19(20)24/h3,5-6,8-13H,1,4,7,15H2,2H3,(H,26,28)/b18-13-. The van der Waals surface area contributed by atoms with Crippen molar-refractivity contribution in [2.75, 3.05) is 18.5 Å². The van der Waals surface area contributed by atoms with Crippen LogP contribution in [-0.2, 0) is 20.7 Å². The van der Waals surface area contributed by atoms with E-state index in [-0.39, 0.29) is 24.5 Å².